The Hall–Kier alpha value is -3.96. The number of imide groups is 1. The number of rotatable bonds is 6. The number of nitrogens with zero attached hydrogens (tertiary/aromatic N) is 3. The number of furan rings is 1. The van der Waals surface area contributed by atoms with Crippen molar-refractivity contribution in [2.75, 3.05) is 0 Å². The van der Waals surface area contributed by atoms with Crippen molar-refractivity contribution in [3.8, 4) is 11.3 Å². The lowest BCUT2D eigenvalue weighted by Gasteiger charge is -2.12. The highest BCUT2D eigenvalue weighted by molar-refractivity contribution is 8.18. The molecular weight excluding hydrogens is 474 g/mol. The molecule has 0 saturated carbocycles. The third-order valence-corrected chi connectivity index (χ3v) is 5.92. The fourth-order valence-corrected chi connectivity index (χ4v) is 4.09. The Labute approximate surface area is 194 Å². The Morgan fingerprint density at radius 2 is 1.64 bits per heavy atom. The molecule has 1 saturated heterocycles. The zero-order valence-corrected chi connectivity index (χ0v) is 18.0. The monoisotopic (exact) mass is 485 g/mol. The zero-order valence-electron chi connectivity index (χ0n) is 16.5. The highest BCUT2D eigenvalue weighted by Crippen LogP contribution is 2.36. The molecule has 0 unspecified atom stereocenters. The van der Waals surface area contributed by atoms with Crippen molar-refractivity contribution in [3.63, 3.8) is 0 Å². The number of non-ortho nitro benzene ring substituents is 2. The molecule has 1 aliphatic heterocycles. The molecule has 0 N–H and O–H groups in total. The van der Waals surface area contributed by atoms with Crippen molar-refractivity contribution in [1.82, 2.24) is 4.90 Å². The molecular formula is C21H12ClN3O7S. The Balaban J connectivity index is 1.54. The van der Waals surface area contributed by atoms with E-state index in [4.69, 9.17) is 16.0 Å². The maximum Gasteiger partial charge on any atom is 0.293 e. The second-order valence-electron chi connectivity index (χ2n) is 6.81. The molecule has 1 aliphatic rings. The van der Waals surface area contributed by atoms with E-state index in [0.29, 0.717) is 11.1 Å². The predicted molar refractivity (Wildman–Crippen MR) is 120 cm³/mol. The number of carbonyl (C=O) groups excluding carboxylic acids is 2. The van der Waals surface area contributed by atoms with Crippen molar-refractivity contribution in [1.29, 1.82) is 0 Å². The number of halogens is 1. The van der Waals surface area contributed by atoms with E-state index < -0.39 is 21.0 Å². The zero-order chi connectivity index (χ0) is 23.7. The highest BCUT2D eigenvalue weighted by atomic mass is 35.5. The van der Waals surface area contributed by atoms with E-state index in [9.17, 15) is 29.8 Å². The minimum atomic E-state index is -0.551. The van der Waals surface area contributed by atoms with Crippen LogP contribution in [-0.2, 0) is 11.3 Å². The quantitative estimate of drug-likeness (QED) is 0.248. The van der Waals surface area contributed by atoms with E-state index in [0.717, 1.165) is 16.7 Å². The van der Waals surface area contributed by atoms with Gasteiger partial charge in [0, 0.05) is 35.9 Å². The summed E-state index contributed by atoms with van der Waals surface area (Å²) in [5, 5.41) is 21.6. The standard InChI is InChI=1S/C21H12ClN3O7S/c22-17-7-5-14(25(30)31)9-16(17)18-8-6-15(32-18)10-19-20(26)23(21(27)33-19)11-12-1-3-13(4-2-12)24(28)29/h1-10H,11H2/b19-10-. The van der Waals surface area contributed by atoms with Crippen molar-refractivity contribution in [3.05, 3.63) is 96.1 Å². The van der Waals surface area contributed by atoms with Gasteiger partial charge in [-0.2, -0.15) is 0 Å². The van der Waals surface area contributed by atoms with Crippen molar-refractivity contribution < 1.29 is 23.9 Å². The van der Waals surface area contributed by atoms with Gasteiger partial charge in [-0.05, 0) is 35.5 Å². The van der Waals surface area contributed by atoms with Crippen molar-refractivity contribution in [2.45, 2.75) is 6.54 Å². The number of benzene rings is 2. The first kappa shape index (κ1) is 22.2. The lowest BCUT2D eigenvalue weighted by atomic mass is 10.1. The van der Waals surface area contributed by atoms with Gasteiger partial charge in [0.15, 0.2) is 0 Å². The van der Waals surface area contributed by atoms with Gasteiger partial charge in [0.05, 0.1) is 26.3 Å². The molecule has 1 fully saturated rings. The van der Waals surface area contributed by atoms with Crippen LogP contribution in [0.1, 0.15) is 11.3 Å². The molecule has 12 heteroatoms. The average molecular weight is 486 g/mol. The van der Waals surface area contributed by atoms with Crippen LogP contribution in [0.3, 0.4) is 0 Å². The summed E-state index contributed by atoms with van der Waals surface area (Å²) >= 11 is 6.87. The molecule has 10 nitrogen and oxygen atoms in total. The maximum absolute atomic E-state index is 12.7. The van der Waals surface area contributed by atoms with Gasteiger partial charge in [-0.1, -0.05) is 23.7 Å². The summed E-state index contributed by atoms with van der Waals surface area (Å²) in [6, 6.07) is 12.6. The molecule has 2 aromatic carbocycles. The Morgan fingerprint density at radius 1 is 0.970 bits per heavy atom. The lowest BCUT2D eigenvalue weighted by Crippen LogP contribution is -2.27. The Kier molecular flexibility index (Phi) is 5.99. The Bertz CT molecular complexity index is 1330. The predicted octanol–water partition coefficient (Wildman–Crippen LogP) is 5.65. The van der Waals surface area contributed by atoms with E-state index in [-0.39, 0.29) is 39.4 Å². The summed E-state index contributed by atoms with van der Waals surface area (Å²) < 4.78 is 5.68. The molecule has 0 bridgehead atoms. The molecule has 3 aromatic rings. The minimum absolute atomic E-state index is 0.0350. The van der Waals surface area contributed by atoms with Gasteiger partial charge >= 0.3 is 0 Å². The van der Waals surface area contributed by atoms with Crippen molar-refractivity contribution in [2.24, 2.45) is 0 Å². The number of thioether (sulfide) groups is 1. The van der Waals surface area contributed by atoms with Crippen LogP contribution in [0, 0.1) is 20.2 Å². The van der Waals surface area contributed by atoms with Crippen LogP contribution in [0.15, 0.2) is 63.9 Å². The van der Waals surface area contributed by atoms with E-state index >= 15 is 0 Å². The first-order chi connectivity index (χ1) is 15.7. The highest BCUT2D eigenvalue weighted by Gasteiger charge is 2.35. The number of nitro benzene ring substituents is 2. The van der Waals surface area contributed by atoms with Crippen LogP contribution in [0.5, 0.6) is 0 Å². The third kappa shape index (κ3) is 4.64. The van der Waals surface area contributed by atoms with Crippen LogP contribution in [0.4, 0.5) is 16.2 Å². The summed E-state index contributed by atoms with van der Waals surface area (Å²) in [6.45, 7) is -0.0350. The molecule has 1 aromatic heterocycles. The molecule has 0 spiro atoms. The minimum Gasteiger partial charge on any atom is -0.457 e. The fourth-order valence-electron chi connectivity index (χ4n) is 3.06. The summed E-state index contributed by atoms with van der Waals surface area (Å²) in [6.07, 6.45) is 1.40. The number of hydrogen-bond donors (Lipinski definition) is 0. The Morgan fingerprint density at radius 3 is 2.30 bits per heavy atom. The fraction of sp³-hybridized carbons (Fsp3) is 0.0476. The molecule has 33 heavy (non-hydrogen) atoms. The largest absolute Gasteiger partial charge is 0.457 e. The van der Waals surface area contributed by atoms with Gasteiger partial charge in [-0.3, -0.25) is 34.7 Å². The van der Waals surface area contributed by atoms with Gasteiger partial charge in [0.1, 0.15) is 11.5 Å². The SMILES string of the molecule is O=C1S/C(=C\c2ccc(-c3cc([N+](=O)[O-])ccc3Cl)o2)C(=O)N1Cc1ccc([N+](=O)[O-])cc1. The van der Waals surface area contributed by atoms with E-state index in [2.05, 4.69) is 0 Å². The van der Waals surface area contributed by atoms with Crippen LogP contribution in [0.25, 0.3) is 17.4 Å². The number of carbonyl (C=O) groups is 2. The van der Waals surface area contributed by atoms with Crippen LogP contribution in [0.2, 0.25) is 5.02 Å². The average Bonchev–Trinajstić information content (AvgIpc) is 3.34. The third-order valence-electron chi connectivity index (χ3n) is 4.69. The van der Waals surface area contributed by atoms with E-state index in [1.54, 1.807) is 12.1 Å². The number of amides is 2. The number of hydrogen-bond acceptors (Lipinski definition) is 8. The van der Waals surface area contributed by atoms with Gasteiger partial charge in [-0.25, -0.2) is 0 Å². The van der Waals surface area contributed by atoms with Gasteiger partial charge in [0.2, 0.25) is 0 Å². The van der Waals surface area contributed by atoms with E-state index in [1.807, 2.05) is 0 Å². The second kappa shape index (κ2) is 8.88. The molecule has 2 amide bonds. The van der Waals surface area contributed by atoms with Gasteiger partial charge in [-0.15, -0.1) is 0 Å². The van der Waals surface area contributed by atoms with Crippen LogP contribution >= 0.6 is 23.4 Å². The lowest BCUT2D eigenvalue weighted by molar-refractivity contribution is -0.385. The molecule has 2 heterocycles. The van der Waals surface area contributed by atoms with Crippen LogP contribution < -0.4 is 0 Å². The normalized spacial score (nSPS) is 14.8. The first-order valence-electron chi connectivity index (χ1n) is 9.26. The smallest absolute Gasteiger partial charge is 0.293 e. The molecule has 0 aliphatic carbocycles. The molecule has 166 valence electrons. The first-order valence-corrected chi connectivity index (χ1v) is 10.5. The topological polar surface area (TPSA) is 137 Å². The maximum atomic E-state index is 12.7. The van der Waals surface area contributed by atoms with Crippen LogP contribution in [-0.4, -0.2) is 25.9 Å². The molecule has 0 radical (unpaired) electrons. The van der Waals surface area contributed by atoms with Gasteiger partial charge in [0.25, 0.3) is 22.5 Å². The van der Waals surface area contributed by atoms with E-state index in [1.165, 1.54) is 48.5 Å². The molecule has 0 atom stereocenters. The molecule has 4 rings (SSSR count). The summed E-state index contributed by atoms with van der Waals surface area (Å²) in [5.41, 5.74) is 0.631. The summed E-state index contributed by atoms with van der Waals surface area (Å²) in [5.74, 6) is -0.0110. The summed E-state index contributed by atoms with van der Waals surface area (Å²) in [7, 11) is 0. The number of nitro groups is 2. The second-order valence-corrected chi connectivity index (χ2v) is 8.22. The van der Waals surface area contributed by atoms with Crippen molar-refractivity contribution >= 4 is 52.0 Å². The van der Waals surface area contributed by atoms with Gasteiger partial charge < -0.3 is 4.42 Å². The summed E-state index contributed by atoms with van der Waals surface area (Å²) in [4.78, 5) is 46.9.